The second-order valence-corrected chi connectivity index (χ2v) is 3.79. The molecule has 0 aliphatic heterocycles. The number of rotatable bonds is 6. The fraction of sp³-hybridized carbons (Fsp3) is 0.545. The van der Waals surface area contributed by atoms with Crippen LogP contribution in [0.1, 0.15) is 30.3 Å². The summed E-state index contributed by atoms with van der Waals surface area (Å²) in [6, 6.07) is 3.54. The maximum Gasteiger partial charge on any atom is 0.271 e. The second-order valence-electron chi connectivity index (χ2n) is 3.79. The van der Waals surface area contributed by atoms with Crippen molar-refractivity contribution in [1.82, 2.24) is 15.5 Å². The Morgan fingerprint density at radius 1 is 1.47 bits per heavy atom. The molecule has 6 nitrogen and oxygen atoms in total. The zero-order chi connectivity index (χ0) is 12.7. The molecule has 0 saturated heterocycles. The van der Waals surface area contributed by atoms with Gasteiger partial charge in [-0.1, -0.05) is 0 Å². The van der Waals surface area contributed by atoms with E-state index in [1.54, 1.807) is 19.2 Å². The maximum atomic E-state index is 11.2. The molecule has 94 valence electrons. The van der Waals surface area contributed by atoms with E-state index in [1.807, 2.05) is 6.92 Å². The van der Waals surface area contributed by atoms with E-state index in [4.69, 9.17) is 5.11 Å². The largest absolute Gasteiger partial charge is 0.396 e. The van der Waals surface area contributed by atoms with E-state index in [9.17, 15) is 4.79 Å². The number of carbonyl (C=O) groups is 1. The molecular weight excluding hydrogens is 220 g/mol. The van der Waals surface area contributed by atoms with Crippen LogP contribution in [0.15, 0.2) is 12.1 Å². The summed E-state index contributed by atoms with van der Waals surface area (Å²) in [5, 5.41) is 22.1. The van der Waals surface area contributed by atoms with Crippen molar-refractivity contribution in [2.24, 2.45) is 0 Å². The van der Waals surface area contributed by atoms with Crippen molar-refractivity contribution in [2.75, 3.05) is 19.0 Å². The van der Waals surface area contributed by atoms with Gasteiger partial charge in [-0.05, 0) is 31.9 Å². The summed E-state index contributed by atoms with van der Waals surface area (Å²) in [4.78, 5) is 11.2. The zero-order valence-corrected chi connectivity index (χ0v) is 10.1. The molecule has 0 saturated carbocycles. The first-order chi connectivity index (χ1) is 8.17. The molecule has 0 spiro atoms. The third kappa shape index (κ3) is 4.36. The number of aliphatic hydroxyl groups is 1. The molecule has 1 unspecified atom stereocenters. The monoisotopic (exact) mass is 238 g/mol. The first-order valence-electron chi connectivity index (χ1n) is 5.60. The first-order valence-corrected chi connectivity index (χ1v) is 5.60. The normalized spacial score (nSPS) is 11.9. The summed E-state index contributed by atoms with van der Waals surface area (Å²) in [5.74, 6) is 0.375. The van der Waals surface area contributed by atoms with Crippen LogP contribution in [-0.2, 0) is 0 Å². The highest BCUT2D eigenvalue weighted by atomic mass is 16.2. The highest BCUT2D eigenvalue weighted by Crippen LogP contribution is 2.06. The lowest BCUT2D eigenvalue weighted by molar-refractivity contribution is 0.0957. The summed E-state index contributed by atoms with van der Waals surface area (Å²) >= 11 is 0. The lowest BCUT2D eigenvalue weighted by Crippen LogP contribution is -2.21. The summed E-state index contributed by atoms with van der Waals surface area (Å²) in [7, 11) is 1.55. The SMILES string of the molecule is CNC(=O)c1ccc(NC(C)CCCO)nn1. The number of hydrogen-bond donors (Lipinski definition) is 3. The molecule has 0 aliphatic carbocycles. The molecule has 0 fully saturated rings. The van der Waals surface area contributed by atoms with Crippen molar-refractivity contribution >= 4 is 11.7 Å². The molecule has 0 bridgehead atoms. The Kier molecular flexibility index (Phi) is 5.35. The van der Waals surface area contributed by atoms with E-state index >= 15 is 0 Å². The van der Waals surface area contributed by atoms with Crippen LogP contribution in [0.4, 0.5) is 5.82 Å². The molecule has 6 heteroatoms. The summed E-state index contributed by atoms with van der Waals surface area (Å²) < 4.78 is 0. The van der Waals surface area contributed by atoms with Crippen molar-refractivity contribution in [3.05, 3.63) is 17.8 Å². The van der Waals surface area contributed by atoms with E-state index in [1.165, 1.54) is 0 Å². The molecule has 3 N–H and O–H groups in total. The van der Waals surface area contributed by atoms with E-state index < -0.39 is 0 Å². The highest BCUT2D eigenvalue weighted by molar-refractivity contribution is 5.91. The minimum Gasteiger partial charge on any atom is -0.396 e. The van der Waals surface area contributed by atoms with Gasteiger partial charge in [-0.3, -0.25) is 4.79 Å². The average Bonchev–Trinajstić information content (AvgIpc) is 2.36. The smallest absolute Gasteiger partial charge is 0.271 e. The van der Waals surface area contributed by atoms with Gasteiger partial charge in [0.05, 0.1) is 0 Å². The molecule has 0 radical (unpaired) electrons. The number of aliphatic hydroxyl groups excluding tert-OH is 1. The standard InChI is InChI=1S/C11H18N4O2/c1-8(4-3-7-16)13-10-6-5-9(14-15-10)11(17)12-2/h5-6,8,16H,3-4,7H2,1-2H3,(H,12,17)(H,13,15). The van der Waals surface area contributed by atoms with Crippen LogP contribution in [0.5, 0.6) is 0 Å². The fourth-order valence-electron chi connectivity index (χ4n) is 1.38. The van der Waals surface area contributed by atoms with Crippen LogP contribution < -0.4 is 10.6 Å². The molecule has 1 heterocycles. The molecule has 1 aromatic heterocycles. The average molecular weight is 238 g/mol. The topological polar surface area (TPSA) is 87.1 Å². The Morgan fingerprint density at radius 3 is 2.76 bits per heavy atom. The van der Waals surface area contributed by atoms with Crippen molar-refractivity contribution in [1.29, 1.82) is 0 Å². The summed E-state index contributed by atoms with van der Waals surface area (Å²) in [6.45, 7) is 2.19. The molecular formula is C11H18N4O2. The van der Waals surface area contributed by atoms with Crippen LogP contribution in [0.25, 0.3) is 0 Å². The van der Waals surface area contributed by atoms with E-state index in [-0.39, 0.29) is 18.6 Å². The predicted octanol–water partition coefficient (Wildman–Crippen LogP) is 0.409. The van der Waals surface area contributed by atoms with Crippen molar-refractivity contribution in [3.63, 3.8) is 0 Å². The summed E-state index contributed by atoms with van der Waals surface area (Å²) in [6.07, 6.45) is 1.60. The predicted molar refractivity (Wildman–Crippen MR) is 64.8 cm³/mol. The van der Waals surface area contributed by atoms with Crippen molar-refractivity contribution in [3.8, 4) is 0 Å². The third-order valence-corrected chi connectivity index (χ3v) is 2.31. The van der Waals surface area contributed by atoms with Crippen LogP contribution >= 0.6 is 0 Å². The highest BCUT2D eigenvalue weighted by Gasteiger charge is 2.07. The maximum absolute atomic E-state index is 11.2. The molecule has 17 heavy (non-hydrogen) atoms. The van der Waals surface area contributed by atoms with Crippen LogP contribution in [0.3, 0.4) is 0 Å². The number of aromatic nitrogens is 2. The minimum absolute atomic E-state index is 0.188. The van der Waals surface area contributed by atoms with E-state index in [0.29, 0.717) is 11.5 Å². The Balaban J connectivity index is 2.53. The van der Waals surface area contributed by atoms with Crippen molar-refractivity contribution < 1.29 is 9.90 Å². The third-order valence-electron chi connectivity index (χ3n) is 2.31. The van der Waals surface area contributed by atoms with Gasteiger partial charge in [0, 0.05) is 19.7 Å². The Bertz CT molecular complexity index is 353. The Hall–Kier alpha value is -1.69. The van der Waals surface area contributed by atoms with Crippen LogP contribution in [-0.4, -0.2) is 40.9 Å². The molecule has 1 aromatic rings. The van der Waals surface area contributed by atoms with E-state index in [0.717, 1.165) is 12.8 Å². The molecule has 1 atom stereocenters. The lowest BCUT2D eigenvalue weighted by Gasteiger charge is -2.13. The molecule has 1 rings (SSSR count). The number of amides is 1. The van der Waals surface area contributed by atoms with Crippen LogP contribution in [0.2, 0.25) is 0 Å². The fourth-order valence-corrected chi connectivity index (χ4v) is 1.38. The van der Waals surface area contributed by atoms with Crippen LogP contribution in [0, 0.1) is 0 Å². The summed E-state index contributed by atoms with van der Waals surface area (Å²) in [5.41, 5.74) is 0.293. The lowest BCUT2D eigenvalue weighted by atomic mass is 10.2. The zero-order valence-electron chi connectivity index (χ0n) is 10.1. The number of hydrogen-bond acceptors (Lipinski definition) is 5. The van der Waals surface area contributed by atoms with Gasteiger partial charge >= 0.3 is 0 Å². The minimum atomic E-state index is -0.252. The number of nitrogens with one attached hydrogen (secondary N) is 2. The molecule has 1 amide bonds. The van der Waals surface area contributed by atoms with Gasteiger partial charge in [0.15, 0.2) is 5.69 Å². The quantitative estimate of drug-likeness (QED) is 0.668. The van der Waals surface area contributed by atoms with Gasteiger partial charge in [-0.15, -0.1) is 10.2 Å². The van der Waals surface area contributed by atoms with Crippen molar-refractivity contribution in [2.45, 2.75) is 25.8 Å². The van der Waals surface area contributed by atoms with Gasteiger partial charge in [0.2, 0.25) is 0 Å². The van der Waals surface area contributed by atoms with Gasteiger partial charge in [0.1, 0.15) is 5.82 Å². The van der Waals surface area contributed by atoms with Gasteiger partial charge < -0.3 is 15.7 Å². The molecule has 0 aromatic carbocycles. The molecule has 0 aliphatic rings. The van der Waals surface area contributed by atoms with Gasteiger partial charge in [0.25, 0.3) is 5.91 Å². The second kappa shape index (κ2) is 6.80. The van der Waals surface area contributed by atoms with E-state index in [2.05, 4.69) is 20.8 Å². The first kappa shape index (κ1) is 13.4. The number of carbonyl (C=O) groups excluding carboxylic acids is 1. The number of nitrogens with zero attached hydrogens (tertiary/aromatic N) is 2. The number of anilines is 1. The Morgan fingerprint density at radius 2 is 2.24 bits per heavy atom. The van der Waals surface area contributed by atoms with Gasteiger partial charge in [-0.25, -0.2) is 0 Å². The Labute approximate surface area is 100 Å². The van der Waals surface area contributed by atoms with Gasteiger partial charge in [-0.2, -0.15) is 0 Å².